The number of hydrogen-bond donors (Lipinski definition) is 2. The van der Waals surface area contributed by atoms with Crippen molar-refractivity contribution in [3.05, 3.63) is 70.5 Å². The third-order valence-corrected chi connectivity index (χ3v) is 4.46. The first kappa shape index (κ1) is 18.1. The lowest BCUT2D eigenvalue weighted by molar-refractivity contribution is -0.115. The summed E-state index contributed by atoms with van der Waals surface area (Å²) >= 11 is 5.73. The summed E-state index contributed by atoms with van der Waals surface area (Å²) in [4.78, 5) is 25.2. The minimum absolute atomic E-state index is 0.0419. The Kier molecular flexibility index (Phi) is 5.68. The Morgan fingerprint density at radius 1 is 0.885 bits per heavy atom. The van der Waals surface area contributed by atoms with Crippen LogP contribution in [0.15, 0.2) is 59.7 Å². The van der Waals surface area contributed by atoms with Gasteiger partial charge in [0.1, 0.15) is 5.82 Å². The van der Waals surface area contributed by atoms with Crippen molar-refractivity contribution in [2.75, 3.05) is 10.6 Å². The SMILES string of the molecule is O=C(Nc1ccccc1)C1=C(C(=O)Nc2ccc(Cl)cc2F)CCCC1. The van der Waals surface area contributed by atoms with Gasteiger partial charge in [-0.15, -0.1) is 0 Å². The van der Waals surface area contributed by atoms with Crippen LogP contribution < -0.4 is 10.6 Å². The molecule has 1 aliphatic rings. The number of para-hydroxylation sites is 1. The van der Waals surface area contributed by atoms with E-state index in [1.54, 1.807) is 12.1 Å². The van der Waals surface area contributed by atoms with E-state index in [1.807, 2.05) is 18.2 Å². The van der Waals surface area contributed by atoms with E-state index in [4.69, 9.17) is 11.6 Å². The summed E-state index contributed by atoms with van der Waals surface area (Å²) in [6.07, 6.45) is 2.65. The zero-order chi connectivity index (χ0) is 18.5. The molecule has 3 rings (SSSR count). The minimum Gasteiger partial charge on any atom is -0.322 e. The van der Waals surface area contributed by atoms with Crippen molar-refractivity contribution in [2.45, 2.75) is 25.7 Å². The number of rotatable bonds is 4. The fourth-order valence-electron chi connectivity index (χ4n) is 2.92. The molecule has 2 amide bonds. The molecule has 0 radical (unpaired) electrons. The molecule has 0 aromatic heterocycles. The third kappa shape index (κ3) is 4.29. The van der Waals surface area contributed by atoms with Gasteiger partial charge in [0, 0.05) is 21.9 Å². The number of hydrogen-bond acceptors (Lipinski definition) is 2. The van der Waals surface area contributed by atoms with Crippen LogP contribution in [0.2, 0.25) is 5.02 Å². The van der Waals surface area contributed by atoms with Gasteiger partial charge in [0.2, 0.25) is 0 Å². The second kappa shape index (κ2) is 8.15. The first-order valence-electron chi connectivity index (χ1n) is 8.39. The number of benzene rings is 2. The summed E-state index contributed by atoms with van der Waals surface area (Å²) < 4.78 is 13.9. The Hall–Kier alpha value is -2.66. The maximum absolute atomic E-state index is 13.9. The Bertz CT molecular complexity index is 865. The molecule has 0 unspecified atom stereocenters. The molecule has 0 fully saturated rings. The van der Waals surface area contributed by atoms with Crippen molar-refractivity contribution in [1.82, 2.24) is 0 Å². The molecule has 134 valence electrons. The Morgan fingerprint density at radius 2 is 1.50 bits per heavy atom. The molecule has 0 bridgehead atoms. The summed E-state index contributed by atoms with van der Waals surface area (Å²) in [6.45, 7) is 0. The monoisotopic (exact) mass is 372 g/mol. The quantitative estimate of drug-likeness (QED) is 0.799. The van der Waals surface area contributed by atoms with E-state index in [-0.39, 0.29) is 16.6 Å². The molecule has 6 heteroatoms. The number of nitrogens with one attached hydrogen (secondary N) is 2. The highest BCUT2D eigenvalue weighted by Gasteiger charge is 2.24. The van der Waals surface area contributed by atoms with Gasteiger partial charge in [-0.3, -0.25) is 9.59 Å². The first-order valence-corrected chi connectivity index (χ1v) is 8.77. The van der Waals surface area contributed by atoms with Crippen molar-refractivity contribution in [3.8, 4) is 0 Å². The summed E-state index contributed by atoms with van der Waals surface area (Å²) in [5.74, 6) is -1.36. The van der Waals surface area contributed by atoms with Gasteiger partial charge in [-0.25, -0.2) is 4.39 Å². The van der Waals surface area contributed by atoms with Gasteiger partial charge >= 0.3 is 0 Å². The van der Waals surface area contributed by atoms with Crippen LogP contribution in [-0.4, -0.2) is 11.8 Å². The molecule has 1 aliphatic carbocycles. The van der Waals surface area contributed by atoms with Crippen LogP contribution in [-0.2, 0) is 9.59 Å². The molecule has 2 aromatic rings. The summed E-state index contributed by atoms with van der Waals surface area (Å²) in [6, 6.07) is 13.1. The van der Waals surface area contributed by atoms with Crippen LogP contribution >= 0.6 is 11.6 Å². The highest BCUT2D eigenvalue weighted by Crippen LogP contribution is 2.28. The smallest absolute Gasteiger partial charge is 0.252 e. The van der Waals surface area contributed by atoms with Crippen LogP contribution in [0.3, 0.4) is 0 Å². The lowest BCUT2D eigenvalue weighted by Gasteiger charge is -2.20. The molecule has 0 atom stereocenters. The van der Waals surface area contributed by atoms with Crippen molar-refractivity contribution in [3.63, 3.8) is 0 Å². The Labute approximate surface area is 156 Å². The van der Waals surface area contributed by atoms with Crippen LogP contribution in [0, 0.1) is 5.82 Å². The highest BCUT2D eigenvalue weighted by molar-refractivity contribution is 6.30. The number of carbonyl (C=O) groups excluding carboxylic acids is 2. The molecule has 4 nitrogen and oxygen atoms in total. The van der Waals surface area contributed by atoms with Gasteiger partial charge in [-0.2, -0.15) is 0 Å². The first-order chi connectivity index (χ1) is 12.5. The number of carbonyl (C=O) groups is 2. The summed E-state index contributed by atoms with van der Waals surface area (Å²) in [5.41, 5.74) is 1.56. The molecular weight excluding hydrogens is 355 g/mol. The number of halogens is 2. The van der Waals surface area contributed by atoms with Gasteiger partial charge in [0.25, 0.3) is 11.8 Å². The number of amides is 2. The summed E-state index contributed by atoms with van der Waals surface area (Å²) in [5, 5.41) is 5.61. The van der Waals surface area contributed by atoms with E-state index >= 15 is 0 Å². The van der Waals surface area contributed by atoms with Crippen LogP contribution in [0.25, 0.3) is 0 Å². The predicted molar refractivity (Wildman–Crippen MR) is 101 cm³/mol. The molecule has 0 aliphatic heterocycles. The third-order valence-electron chi connectivity index (χ3n) is 4.23. The maximum Gasteiger partial charge on any atom is 0.252 e. The van der Waals surface area contributed by atoms with E-state index in [9.17, 15) is 14.0 Å². The second-order valence-electron chi connectivity index (χ2n) is 6.06. The molecule has 0 saturated heterocycles. The van der Waals surface area contributed by atoms with Crippen molar-refractivity contribution < 1.29 is 14.0 Å². The second-order valence-corrected chi connectivity index (χ2v) is 6.50. The average molecular weight is 373 g/mol. The Morgan fingerprint density at radius 3 is 2.12 bits per heavy atom. The Balaban J connectivity index is 1.81. The van der Waals surface area contributed by atoms with Crippen molar-refractivity contribution in [1.29, 1.82) is 0 Å². The lowest BCUT2D eigenvalue weighted by atomic mass is 9.90. The molecule has 0 heterocycles. The average Bonchev–Trinajstić information content (AvgIpc) is 2.65. The molecule has 2 N–H and O–H groups in total. The zero-order valence-corrected chi connectivity index (χ0v) is 14.8. The highest BCUT2D eigenvalue weighted by atomic mass is 35.5. The van der Waals surface area contributed by atoms with Crippen LogP contribution in [0.1, 0.15) is 25.7 Å². The molecular formula is C20H18ClFN2O2. The number of anilines is 2. The topological polar surface area (TPSA) is 58.2 Å². The van der Waals surface area contributed by atoms with E-state index in [2.05, 4.69) is 10.6 Å². The molecule has 0 spiro atoms. The molecule has 26 heavy (non-hydrogen) atoms. The van der Waals surface area contributed by atoms with Gasteiger partial charge < -0.3 is 10.6 Å². The predicted octanol–water partition coefficient (Wildman–Crippen LogP) is 4.93. The standard InChI is InChI=1S/C20H18ClFN2O2/c21-13-10-11-18(17(22)12-13)24-20(26)16-9-5-4-8-15(16)19(25)23-14-6-2-1-3-7-14/h1-3,6-7,10-12H,4-5,8-9H2,(H,23,25)(H,24,26). The van der Waals surface area contributed by atoms with Gasteiger partial charge in [0.05, 0.1) is 5.69 Å². The van der Waals surface area contributed by atoms with E-state index in [0.29, 0.717) is 29.7 Å². The van der Waals surface area contributed by atoms with E-state index < -0.39 is 11.7 Å². The lowest BCUT2D eigenvalue weighted by Crippen LogP contribution is -2.24. The maximum atomic E-state index is 13.9. The fraction of sp³-hybridized carbons (Fsp3) is 0.200. The van der Waals surface area contributed by atoms with Gasteiger partial charge in [0.15, 0.2) is 0 Å². The van der Waals surface area contributed by atoms with Crippen molar-refractivity contribution in [2.24, 2.45) is 0 Å². The van der Waals surface area contributed by atoms with Crippen molar-refractivity contribution >= 4 is 34.8 Å². The van der Waals surface area contributed by atoms with Gasteiger partial charge in [-0.1, -0.05) is 29.8 Å². The largest absolute Gasteiger partial charge is 0.322 e. The van der Waals surface area contributed by atoms with Crippen LogP contribution in [0.4, 0.5) is 15.8 Å². The van der Waals surface area contributed by atoms with E-state index in [1.165, 1.54) is 12.1 Å². The summed E-state index contributed by atoms with van der Waals surface area (Å²) in [7, 11) is 0. The fourth-order valence-corrected chi connectivity index (χ4v) is 3.08. The zero-order valence-electron chi connectivity index (χ0n) is 14.0. The minimum atomic E-state index is -0.613. The van der Waals surface area contributed by atoms with Gasteiger partial charge in [-0.05, 0) is 56.0 Å². The normalized spacial score (nSPS) is 14.1. The van der Waals surface area contributed by atoms with Crippen LogP contribution in [0.5, 0.6) is 0 Å². The van der Waals surface area contributed by atoms with E-state index in [0.717, 1.165) is 18.9 Å². The molecule has 2 aromatic carbocycles. The molecule has 0 saturated carbocycles.